The van der Waals surface area contributed by atoms with Crippen LogP contribution in [0.25, 0.3) is 16.9 Å². The van der Waals surface area contributed by atoms with Gasteiger partial charge in [-0.15, -0.1) is 5.11 Å². The average molecular weight is 391 g/mol. The molecule has 0 saturated heterocycles. The summed E-state index contributed by atoms with van der Waals surface area (Å²) in [6.45, 7) is 3.62. The van der Waals surface area contributed by atoms with E-state index in [2.05, 4.69) is 30.5 Å². The Morgan fingerprint density at radius 2 is 2.07 bits per heavy atom. The Balaban J connectivity index is 1.57. The molecule has 0 saturated carbocycles. The predicted octanol–water partition coefficient (Wildman–Crippen LogP) is 3.34. The van der Waals surface area contributed by atoms with Gasteiger partial charge >= 0.3 is 0 Å². The Bertz CT molecular complexity index is 1150. The Hall–Kier alpha value is -3.66. The molecular weight excluding hydrogens is 370 g/mol. The first-order chi connectivity index (χ1) is 14.2. The lowest BCUT2D eigenvalue weighted by Gasteiger charge is -2.10. The first kappa shape index (κ1) is 18.7. The number of pyridine rings is 1. The van der Waals surface area contributed by atoms with Crippen LogP contribution in [-0.2, 0) is 24.9 Å². The number of aromatic nitrogens is 6. The molecule has 0 aliphatic carbocycles. The number of anilines is 1. The van der Waals surface area contributed by atoms with Crippen molar-refractivity contribution in [2.45, 2.75) is 20.1 Å². The van der Waals surface area contributed by atoms with Gasteiger partial charge in [0.15, 0.2) is 5.82 Å². The fourth-order valence-electron chi connectivity index (χ4n) is 2.95. The molecule has 10 heteroatoms. The van der Waals surface area contributed by atoms with E-state index in [1.807, 2.05) is 49.1 Å². The van der Waals surface area contributed by atoms with Gasteiger partial charge in [-0.3, -0.25) is 4.68 Å². The first-order valence-electron chi connectivity index (χ1n) is 9.18. The van der Waals surface area contributed by atoms with Crippen LogP contribution in [0, 0.1) is 5.53 Å². The fourth-order valence-corrected chi connectivity index (χ4v) is 2.95. The molecule has 0 bridgehead atoms. The van der Waals surface area contributed by atoms with Crippen molar-refractivity contribution in [1.82, 2.24) is 29.1 Å². The predicted molar refractivity (Wildman–Crippen MR) is 107 cm³/mol. The summed E-state index contributed by atoms with van der Waals surface area (Å²) in [5.41, 5.74) is 11.8. The molecule has 4 rings (SSSR count). The number of hydrogen-bond donors (Lipinski definition) is 2. The normalized spacial score (nSPS) is 11.1. The minimum atomic E-state index is 0.235. The highest BCUT2D eigenvalue weighted by Gasteiger charge is 2.11. The summed E-state index contributed by atoms with van der Waals surface area (Å²) < 4.78 is 9.22. The lowest BCUT2D eigenvalue weighted by molar-refractivity contribution is 0.131. The minimum absolute atomic E-state index is 0.235. The van der Waals surface area contributed by atoms with E-state index < -0.39 is 0 Å². The summed E-state index contributed by atoms with van der Waals surface area (Å²) in [4.78, 5) is 13.2. The third kappa shape index (κ3) is 3.97. The van der Waals surface area contributed by atoms with E-state index in [1.165, 1.54) is 0 Å². The van der Waals surface area contributed by atoms with Gasteiger partial charge in [0, 0.05) is 38.2 Å². The zero-order valence-corrected chi connectivity index (χ0v) is 16.2. The Morgan fingerprint density at radius 1 is 1.17 bits per heavy atom. The van der Waals surface area contributed by atoms with E-state index in [1.54, 1.807) is 17.1 Å². The molecule has 0 radical (unpaired) electrons. The van der Waals surface area contributed by atoms with Crippen LogP contribution in [0.3, 0.4) is 0 Å². The SMILES string of the molecule is CCOCc1cnc2ccc(CNc3nc(-c4cnn(C)c4)cnc3N=N)cn12. The number of imidazole rings is 1. The van der Waals surface area contributed by atoms with Crippen molar-refractivity contribution in [3.8, 4) is 11.3 Å². The van der Waals surface area contributed by atoms with Crippen molar-refractivity contribution in [2.75, 3.05) is 11.9 Å². The number of aryl methyl sites for hydroxylation is 1. The van der Waals surface area contributed by atoms with Gasteiger partial charge in [0.1, 0.15) is 5.65 Å². The monoisotopic (exact) mass is 391 g/mol. The number of rotatable bonds is 8. The molecule has 4 aromatic rings. The van der Waals surface area contributed by atoms with E-state index in [4.69, 9.17) is 10.3 Å². The summed E-state index contributed by atoms with van der Waals surface area (Å²) in [7, 11) is 1.84. The summed E-state index contributed by atoms with van der Waals surface area (Å²) in [5, 5.41) is 10.9. The van der Waals surface area contributed by atoms with Crippen LogP contribution >= 0.6 is 0 Å². The van der Waals surface area contributed by atoms with Crippen molar-refractivity contribution >= 4 is 17.3 Å². The molecule has 0 amide bonds. The molecule has 0 aliphatic rings. The van der Waals surface area contributed by atoms with Crippen molar-refractivity contribution < 1.29 is 4.74 Å². The highest BCUT2D eigenvalue weighted by Crippen LogP contribution is 2.25. The summed E-state index contributed by atoms with van der Waals surface area (Å²) in [6, 6.07) is 3.95. The molecule has 2 N–H and O–H groups in total. The average Bonchev–Trinajstić information content (AvgIpc) is 3.36. The quantitative estimate of drug-likeness (QED) is 0.445. The molecule has 0 spiro atoms. The molecule has 4 aromatic heterocycles. The van der Waals surface area contributed by atoms with E-state index in [0.717, 1.165) is 22.5 Å². The fraction of sp³-hybridized carbons (Fsp3) is 0.263. The van der Waals surface area contributed by atoms with E-state index in [0.29, 0.717) is 31.3 Å². The molecular formula is C19H21N9O. The van der Waals surface area contributed by atoms with Gasteiger partial charge in [0.2, 0.25) is 5.82 Å². The topological polar surface area (TPSA) is 118 Å². The standard InChI is InChI=1S/C19H21N9O/c1-3-29-12-15-8-21-17-5-4-13(10-28(15)17)6-22-18-19(26-20)23-9-16(25-18)14-7-24-27(2)11-14/h4-5,7-11,20H,3,6,12H2,1-2H3,(H,22,25). The summed E-state index contributed by atoms with van der Waals surface area (Å²) in [5.74, 6) is 0.681. The second-order valence-corrected chi connectivity index (χ2v) is 6.45. The minimum Gasteiger partial charge on any atom is -0.375 e. The van der Waals surface area contributed by atoms with Crippen LogP contribution in [0.1, 0.15) is 18.2 Å². The molecule has 0 unspecified atom stereocenters. The van der Waals surface area contributed by atoms with Gasteiger partial charge in [-0.05, 0) is 18.6 Å². The van der Waals surface area contributed by atoms with Crippen molar-refractivity contribution in [3.63, 3.8) is 0 Å². The molecule has 148 valence electrons. The van der Waals surface area contributed by atoms with Crippen LogP contribution in [0.15, 0.2) is 48.2 Å². The molecule has 0 aromatic carbocycles. The Morgan fingerprint density at radius 3 is 2.83 bits per heavy atom. The van der Waals surface area contributed by atoms with Crippen LogP contribution in [-0.4, -0.2) is 35.7 Å². The second kappa shape index (κ2) is 8.15. The van der Waals surface area contributed by atoms with Gasteiger partial charge in [0.25, 0.3) is 0 Å². The maximum absolute atomic E-state index is 7.37. The van der Waals surface area contributed by atoms with E-state index >= 15 is 0 Å². The first-order valence-corrected chi connectivity index (χ1v) is 9.18. The molecule has 0 fully saturated rings. The highest BCUT2D eigenvalue weighted by molar-refractivity contribution is 5.63. The van der Waals surface area contributed by atoms with Crippen molar-refractivity contribution in [3.05, 3.63) is 54.4 Å². The Kier molecular flexibility index (Phi) is 5.25. The molecule has 29 heavy (non-hydrogen) atoms. The zero-order chi connectivity index (χ0) is 20.2. The number of fused-ring (bicyclic) bond motifs is 1. The third-order valence-corrected chi connectivity index (χ3v) is 4.42. The summed E-state index contributed by atoms with van der Waals surface area (Å²) in [6.07, 6.45) is 9.01. The lowest BCUT2D eigenvalue weighted by atomic mass is 10.2. The Labute approximate surface area is 167 Å². The number of hydrogen-bond acceptors (Lipinski definition) is 8. The molecule has 0 atom stereocenters. The number of nitrogens with one attached hydrogen (secondary N) is 2. The van der Waals surface area contributed by atoms with E-state index in [9.17, 15) is 0 Å². The van der Waals surface area contributed by atoms with Crippen LogP contribution in [0.5, 0.6) is 0 Å². The maximum Gasteiger partial charge on any atom is 0.216 e. The van der Waals surface area contributed by atoms with Crippen LogP contribution in [0.2, 0.25) is 0 Å². The lowest BCUT2D eigenvalue weighted by Crippen LogP contribution is -2.05. The molecule has 10 nitrogen and oxygen atoms in total. The highest BCUT2D eigenvalue weighted by atomic mass is 16.5. The van der Waals surface area contributed by atoms with Gasteiger partial charge in [-0.25, -0.2) is 20.5 Å². The third-order valence-electron chi connectivity index (χ3n) is 4.42. The molecule has 0 aliphatic heterocycles. The second-order valence-electron chi connectivity index (χ2n) is 6.45. The van der Waals surface area contributed by atoms with Crippen molar-refractivity contribution in [2.24, 2.45) is 12.2 Å². The number of ether oxygens (including phenoxy) is 1. The maximum atomic E-state index is 7.37. The van der Waals surface area contributed by atoms with Gasteiger partial charge in [0.05, 0.1) is 36.6 Å². The van der Waals surface area contributed by atoms with Gasteiger partial charge in [-0.1, -0.05) is 6.07 Å². The summed E-state index contributed by atoms with van der Waals surface area (Å²) >= 11 is 0. The molecule has 4 heterocycles. The van der Waals surface area contributed by atoms with E-state index in [-0.39, 0.29) is 5.82 Å². The van der Waals surface area contributed by atoms with Crippen molar-refractivity contribution in [1.29, 1.82) is 5.53 Å². The van der Waals surface area contributed by atoms with Crippen LogP contribution in [0.4, 0.5) is 11.6 Å². The van der Waals surface area contributed by atoms with Gasteiger partial charge in [-0.2, -0.15) is 5.10 Å². The smallest absolute Gasteiger partial charge is 0.216 e. The number of nitrogens with zero attached hydrogens (tertiary/aromatic N) is 7. The van der Waals surface area contributed by atoms with Crippen LogP contribution < -0.4 is 5.32 Å². The zero-order valence-electron chi connectivity index (χ0n) is 16.2. The largest absolute Gasteiger partial charge is 0.375 e. The van der Waals surface area contributed by atoms with Gasteiger partial charge < -0.3 is 14.5 Å².